The van der Waals surface area contributed by atoms with Crippen molar-refractivity contribution in [1.82, 2.24) is 15.0 Å². The van der Waals surface area contributed by atoms with Gasteiger partial charge in [0.15, 0.2) is 23.1 Å². The van der Waals surface area contributed by atoms with Crippen molar-refractivity contribution in [3.63, 3.8) is 0 Å². The van der Waals surface area contributed by atoms with E-state index < -0.39 is 0 Å². The Labute approximate surface area is 363 Å². The van der Waals surface area contributed by atoms with Gasteiger partial charge in [0.1, 0.15) is 16.7 Å². The number of furan rings is 2. The minimum Gasteiger partial charge on any atom is -0.456 e. The number of hydrogen-bond donors (Lipinski definition) is 0. The van der Waals surface area contributed by atoms with E-state index in [4.69, 9.17) is 23.8 Å². The molecule has 9 aromatic carbocycles. The second-order valence-corrected chi connectivity index (χ2v) is 15.6. The Morgan fingerprint density at radius 2 is 0.825 bits per heavy atom. The van der Waals surface area contributed by atoms with Gasteiger partial charge in [-0.3, -0.25) is 0 Å². The lowest BCUT2D eigenvalue weighted by Crippen LogP contribution is -2.10. The van der Waals surface area contributed by atoms with E-state index in [1.54, 1.807) is 0 Å². The Morgan fingerprint density at radius 1 is 0.317 bits per heavy atom. The van der Waals surface area contributed by atoms with E-state index in [1.807, 2.05) is 66.7 Å². The minimum atomic E-state index is 0.570. The van der Waals surface area contributed by atoms with Gasteiger partial charge in [-0.05, 0) is 64.7 Å². The molecule has 0 aliphatic rings. The van der Waals surface area contributed by atoms with Crippen molar-refractivity contribution in [2.24, 2.45) is 0 Å². The first-order valence-corrected chi connectivity index (χ1v) is 21.0. The molecule has 12 aromatic rings. The quantitative estimate of drug-likeness (QED) is 0.152. The lowest BCUT2D eigenvalue weighted by molar-refractivity contribution is 0.667. The molecule has 0 spiro atoms. The number of hydrogen-bond acceptors (Lipinski definition) is 6. The summed E-state index contributed by atoms with van der Waals surface area (Å²) in [4.78, 5) is 17.5. The molecule has 12 rings (SSSR count). The van der Waals surface area contributed by atoms with Gasteiger partial charge in [0.2, 0.25) is 0 Å². The van der Waals surface area contributed by atoms with Crippen LogP contribution in [0.4, 0.5) is 17.1 Å². The summed E-state index contributed by atoms with van der Waals surface area (Å²) in [7, 11) is 0. The molecule has 0 saturated heterocycles. The molecule has 0 aliphatic heterocycles. The highest BCUT2D eigenvalue weighted by Gasteiger charge is 2.23. The fourth-order valence-corrected chi connectivity index (χ4v) is 8.69. The number of rotatable bonds is 8. The highest BCUT2D eigenvalue weighted by molar-refractivity contribution is 6.14. The molecule has 0 radical (unpaired) electrons. The Morgan fingerprint density at radius 3 is 1.52 bits per heavy atom. The predicted octanol–water partition coefficient (Wildman–Crippen LogP) is 15.5. The molecule has 0 aliphatic carbocycles. The third kappa shape index (κ3) is 6.49. The van der Waals surface area contributed by atoms with Gasteiger partial charge in [-0.2, -0.15) is 0 Å². The lowest BCUT2D eigenvalue weighted by Gasteiger charge is -2.25. The van der Waals surface area contributed by atoms with Crippen molar-refractivity contribution < 1.29 is 8.83 Å². The van der Waals surface area contributed by atoms with Crippen molar-refractivity contribution in [3.05, 3.63) is 218 Å². The molecule has 0 saturated carbocycles. The molecule has 0 atom stereocenters. The van der Waals surface area contributed by atoms with Crippen LogP contribution in [0.25, 0.3) is 100 Å². The Hall–Kier alpha value is -8.61. The maximum absolute atomic E-state index is 6.75. The topological polar surface area (TPSA) is 68.2 Å². The summed E-state index contributed by atoms with van der Waals surface area (Å²) in [5.41, 5.74) is 13.3. The molecule has 0 amide bonds. The van der Waals surface area contributed by atoms with E-state index in [-0.39, 0.29) is 0 Å². The standard InChI is InChI=1S/C57H36N4O2/c1-4-14-37(15-5-1)39-26-28-42(29-27-39)56-58-55(41-18-8-3-9-19-41)59-57(60-56)48-22-13-25-51-53(48)47-35-34-44(36-52(47)62-51)61(43-32-30-40(31-33-43)38-16-6-2-7-17-38)49-23-12-21-46-45-20-10-11-24-50(45)63-54(46)49/h1-36H. The normalized spacial score (nSPS) is 11.5. The van der Waals surface area contributed by atoms with Gasteiger partial charge in [0, 0.05) is 50.0 Å². The number of benzene rings is 9. The Balaban J connectivity index is 1.01. The van der Waals surface area contributed by atoms with Crippen molar-refractivity contribution in [3.8, 4) is 56.4 Å². The molecule has 0 bridgehead atoms. The molecule has 6 nitrogen and oxygen atoms in total. The summed E-state index contributed by atoms with van der Waals surface area (Å²) in [5, 5.41) is 4.03. The second-order valence-electron chi connectivity index (χ2n) is 15.6. The molecule has 0 unspecified atom stereocenters. The first-order chi connectivity index (χ1) is 31.2. The van der Waals surface area contributed by atoms with E-state index in [0.29, 0.717) is 17.5 Å². The van der Waals surface area contributed by atoms with Crippen LogP contribution in [0, 0.1) is 0 Å². The van der Waals surface area contributed by atoms with E-state index >= 15 is 0 Å². The summed E-state index contributed by atoms with van der Waals surface area (Å²) < 4.78 is 13.4. The molecule has 63 heavy (non-hydrogen) atoms. The maximum Gasteiger partial charge on any atom is 0.164 e. The van der Waals surface area contributed by atoms with Crippen LogP contribution in [0.2, 0.25) is 0 Å². The molecule has 3 aromatic heterocycles. The Bertz CT molecular complexity index is 3600. The van der Waals surface area contributed by atoms with Crippen LogP contribution in [0.3, 0.4) is 0 Å². The maximum atomic E-state index is 6.75. The third-order valence-electron chi connectivity index (χ3n) is 11.8. The van der Waals surface area contributed by atoms with Crippen molar-refractivity contribution in [1.29, 1.82) is 0 Å². The number of anilines is 3. The van der Waals surface area contributed by atoms with Gasteiger partial charge >= 0.3 is 0 Å². The van der Waals surface area contributed by atoms with Crippen molar-refractivity contribution in [2.75, 3.05) is 4.90 Å². The van der Waals surface area contributed by atoms with Crippen LogP contribution in [-0.2, 0) is 0 Å². The SMILES string of the molecule is c1ccc(-c2ccc(-c3nc(-c4ccccc4)nc(-c4cccc5oc6cc(N(c7ccc(-c8ccccc8)cc7)c7cccc8c7oc7ccccc78)ccc6c45)n3)cc2)cc1. The van der Waals surface area contributed by atoms with Gasteiger partial charge in [0.05, 0.1) is 11.4 Å². The van der Waals surface area contributed by atoms with Gasteiger partial charge in [-0.1, -0.05) is 170 Å². The summed E-state index contributed by atoms with van der Waals surface area (Å²) >= 11 is 0. The fourth-order valence-electron chi connectivity index (χ4n) is 8.69. The van der Waals surface area contributed by atoms with Crippen LogP contribution in [0.1, 0.15) is 0 Å². The molecular formula is C57H36N4O2. The van der Waals surface area contributed by atoms with Gasteiger partial charge in [-0.25, -0.2) is 15.0 Å². The summed E-state index contributed by atoms with van der Waals surface area (Å²) in [6, 6.07) is 75.0. The molecule has 3 heterocycles. The van der Waals surface area contributed by atoms with E-state index in [1.165, 1.54) is 0 Å². The van der Waals surface area contributed by atoms with E-state index in [0.717, 1.165) is 99.9 Å². The first-order valence-electron chi connectivity index (χ1n) is 21.0. The smallest absolute Gasteiger partial charge is 0.164 e. The highest BCUT2D eigenvalue weighted by Crippen LogP contribution is 2.45. The molecule has 6 heteroatoms. The van der Waals surface area contributed by atoms with Gasteiger partial charge in [-0.15, -0.1) is 0 Å². The minimum absolute atomic E-state index is 0.570. The number of aromatic nitrogens is 3. The average Bonchev–Trinajstić information content (AvgIpc) is 3.94. The summed E-state index contributed by atoms with van der Waals surface area (Å²) in [6.45, 7) is 0. The molecular weight excluding hydrogens is 773 g/mol. The van der Waals surface area contributed by atoms with Gasteiger partial charge in [0.25, 0.3) is 0 Å². The third-order valence-corrected chi connectivity index (χ3v) is 11.8. The monoisotopic (exact) mass is 808 g/mol. The van der Waals surface area contributed by atoms with E-state index in [9.17, 15) is 0 Å². The lowest BCUT2D eigenvalue weighted by atomic mass is 10.0. The van der Waals surface area contributed by atoms with Crippen LogP contribution < -0.4 is 4.90 Å². The van der Waals surface area contributed by atoms with Crippen LogP contribution in [0.5, 0.6) is 0 Å². The van der Waals surface area contributed by atoms with Crippen molar-refractivity contribution in [2.45, 2.75) is 0 Å². The van der Waals surface area contributed by atoms with Crippen LogP contribution in [-0.4, -0.2) is 15.0 Å². The number of para-hydroxylation sites is 2. The average molecular weight is 809 g/mol. The van der Waals surface area contributed by atoms with E-state index in [2.05, 4.69) is 157 Å². The van der Waals surface area contributed by atoms with Crippen LogP contribution in [0.15, 0.2) is 227 Å². The zero-order valence-corrected chi connectivity index (χ0v) is 33.9. The van der Waals surface area contributed by atoms with Gasteiger partial charge < -0.3 is 13.7 Å². The fraction of sp³-hybridized carbons (Fsp3) is 0. The first kappa shape index (κ1) is 36.3. The summed E-state index contributed by atoms with van der Waals surface area (Å²) in [6.07, 6.45) is 0. The molecule has 0 N–H and O–H groups in total. The zero-order chi connectivity index (χ0) is 41.7. The zero-order valence-electron chi connectivity index (χ0n) is 33.9. The number of nitrogens with zero attached hydrogens (tertiary/aromatic N) is 4. The summed E-state index contributed by atoms with van der Waals surface area (Å²) in [5.74, 6) is 1.77. The second kappa shape index (κ2) is 15.1. The molecule has 0 fully saturated rings. The largest absolute Gasteiger partial charge is 0.456 e. The Kier molecular flexibility index (Phi) is 8.71. The number of fused-ring (bicyclic) bond motifs is 6. The molecule has 296 valence electrons. The van der Waals surface area contributed by atoms with Crippen molar-refractivity contribution >= 4 is 60.9 Å². The highest BCUT2D eigenvalue weighted by atomic mass is 16.3. The van der Waals surface area contributed by atoms with Crippen LogP contribution >= 0.6 is 0 Å². The predicted molar refractivity (Wildman–Crippen MR) is 256 cm³/mol.